The summed E-state index contributed by atoms with van der Waals surface area (Å²) in [7, 11) is 0. The average molecular weight is 211 g/mol. The topological polar surface area (TPSA) is 60.2 Å². The predicted octanol–water partition coefficient (Wildman–Crippen LogP) is 0.758. The number of nitrogens with zero attached hydrogens (tertiary/aromatic N) is 2. The molecule has 1 unspecified atom stereocenters. The zero-order valence-electron chi connectivity index (χ0n) is 9.03. The fraction of sp³-hybridized carbons (Fsp3) is 0.800. The number of ether oxygens (including phenoxy) is 1. The van der Waals surface area contributed by atoms with Crippen molar-refractivity contribution < 1.29 is 9.26 Å². The summed E-state index contributed by atoms with van der Waals surface area (Å²) in [5.74, 6) is 2.03. The van der Waals surface area contributed by atoms with Gasteiger partial charge in [0, 0.05) is 13.0 Å². The van der Waals surface area contributed by atoms with Gasteiger partial charge in [0.25, 0.3) is 0 Å². The van der Waals surface area contributed by atoms with E-state index in [9.17, 15) is 0 Å². The Morgan fingerprint density at radius 3 is 3.27 bits per heavy atom. The Labute approximate surface area is 89.2 Å². The molecule has 5 nitrogen and oxygen atoms in total. The first-order chi connectivity index (χ1) is 7.38. The highest BCUT2D eigenvalue weighted by Gasteiger charge is 2.18. The van der Waals surface area contributed by atoms with Crippen LogP contribution in [0.25, 0.3) is 0 Å². The summed E-state index contributed by atoms with van der Waals surface area (Å²) in [5.41, 5.74) is 0. The van der Waals surface area contributed by atoms with Crippen molar-refractivity contribution in [3.05, 3.63) is 11.7 Å². The number of hydrogen-bond donors (Lipinski definition) is 1. The molecule has 1 atom stereocenters. The van der Waals surface area contributed by atoms with E-state index < -0.39 is 0 Å². The second-order valence-electron chi connectivity index (χ2n) is 3.80. The van der Waals surface area contributed by atoms with E-state index in [2.05, 4.69) is 15.5 Å². The Kier molecular flexibility index (Phi) is 3.69. The molecule has 1 fully saturated rings. The van der Waals surface area contributed by atoms with Gasteiger partial charge in [0.05, 0.1) is 0 Å². The summed E-state index contributed by atoms with van der Waals surface area (Å²) in [5, 5.41) is 7.18. The van der Waals surface area contributed by atoms with Gasteiger partial charge in [0.1, 0.15) is 6.61 Å². The fourth-order valence-electron chi connectivity index (χ4n) is 1.76. The highest BCUT2D eigenvalue weighted by Crippen LogP contribution is 2.13. The van der Waals surface area contributed by atoms with Gasteiger partial charge in [-0.2, -0.15) is 4.98 Å². The van der Waals surface area contributed by atoms with E-state index in [1.54, 1.807) is 0 Å². The Hall–Kier alpha value is -0.940. The maximum absolute atomic E-state index is 5.21. The van der Waals surface area contributed by atoms with Crippen LogP contribution >= 0.6 is 0 Å². The molecule has 0 radical (unpaired) electrons. The fourth-order valence-corrected chi connectivity index (χ4v) is 1.76. The lowest BCUT2D eigenvalue weighted by Crippen LogP contribution is -2.10. The minimum atomic E-state index is 0.447. The largest absolute Gasteiger partial charge is 0.374 e. The Morgan fingerprint density at radius 1 is 1.60 bits per heavy atom. The van der Waals surface area contributed by atoms with Gasteiger partial charge < -0.3 is 14.6 Å². The molecule has 1 aliphatic rings. The van der Waals surface area contributed by atoms with E-state index in [-0.39, 0.29) is 0 Å². The smallest absolute Gasteiger partial charge is 0.227 e. The third-order valence-electron chi connectivity index (χ3n) is 2.57. The van der Waals surface area contributed by atoms with Crippen LogP contribution in [0.1, 0.15) is 25.1 Å². The highest BCUT2D eigenvalue weighted by molar-refractivity contribution is 4.88. The lowest BCUT2D eigenvalue weighted by Gasteiger charge is -2.01. The monoisotopic (exact) mass is 211 g/mol. The Balaban J connectivity index is 1.83. The van der Waals surface area contributed by atoms with Crippen LogP contribution in [-0.4, -0.2) is 29.8 Å². The van der Waals surface area contributed by atoms with E-state index in [0.717, 1.165) is 25.4 Å². The minimum absolute atomic E-state index is 0.447. The molecule has 84 valence electrons. The second-order valence-corrected chi connectivity index (χ2v) is 3.80. The summed E-state index contributed by atoms with van der Waals surface area (Å²) >= 11 is 0. The van der Waals surface area contributed by atoms with Crippen molar-refractivity contribution in [3.8, 4) is 0 Å². The first-order valence-corrected chi connectivity index (χ1v) is 5.48. The van der Waals surface area contributed by atoms with E-state index in [1.807, 2.05) is 6.92 Å². The molecule has 2 rings (SSSR count). The summed E-state index contributed by atoms with van der Waals surface area (Å²) in [6, 6.07) is 0. The van der Waals surface area contributed by atoms with Gasteiger partial charge in [0.2, 0.25) is 5.89 Å². The quantitative estimate of drug-likeness (QED) is 0.779. The molecular weight excluding hydrogens is 194 g/mol. The van der Waals surface area contributed by atoms with Crippen LogP contribution in [0, 0.1) is 5.92 Å². The minimum Gasteiger partial charge on any atom is -0.374 e. The third-order valence-corrected chi connectivity index (χ3v) is 2.57. The molecular formula is C10H17N3O2. The van der Waals surface area contributed by atoms with Crippen LogP contribution in [0.2, 0.25) is 0 Å². The molecule has 0 spiro atoms. The van der Waals surface area contributed by atoms with Gasteiger partial charge in [-0.3, -0.25) is 0 Å². The summed E-state index contributed by atoms with van der Waals surface area (Å²) in [4.78, 5) is 4.28. The normalized spacial score (nSPS) is 21.0. The van der Waals surface area contributed by atoms with Gasteiger partial charge in [-0.25, -0.2) is 0 Å². The molecule has 0 amide bonds. The Morgan fingerprint density at radius 2 is 2.53 bits per heavy atom. The molecule has 2 heterocycles. The van der Waals surface area contributed by atoms with Crippen LogP contribution < -0.4 is 5.32 Å². The van der Waals surface area contributed by atoms with Gasteiger partial charge in [-0.15, -0.1) is 0 Å². The van der Waals surface area contributed by atoms with Crippen molar-refractivity contribution >= 4 is 0 Å². The number of nitrogens with one attached hydrogen (secondary N) is 1. The van der Waals surface area contributed by atoms with Crippen molar-refractivity contribution in [2.75, 3.05) is 19.7 Å². The van der Waals surface area contributed by atoms with Gasteiger partial charge >= 0.3 is 0 Å². The molecule has 0 saturated carbocycles. The summed E-state index contributed by atoms with van der Waals surface area (Å²) < 4.78 is 10.4. The van der Waals surface area contributed by atoms with Gasteiger partial charge in [0.15, 0.2) is 5.82 Å². The maximum atomic E-state index is 5.21. The van der Waals surface area contributed by atoms with Crippen LogP contribution in [0.5, 0.6) is 0 Å². The lowest BCUT2D eigenvalue weighted by molar-refractivity contribution is 0.126. The number of rotatable bonds is 5. The van der Waals surface area contributed by atoms with E-state index in [1.165, 1.54) is 6.42 Å². The van der Waals surface area contributed by atoms with Crippen molar-refractivity contribution in [3.63, 3.8) is 0 Å². The average Bonchev–Trinajstić information content (AvgIpc) is 2.87. The first kappa shape index (κ1) is 10.6. The predicted molar refractivity (Wildman–Crippen MR) is 54.3 cm³/mol. The highest BCUT2D eigenvalue weighted by atomic mass is 16.5. The molecule has 0 bridgehead atoms. The zero-order chi connectivity index (χ0) is 10.5. The van der Waals surface area contributed by atoms with Crippen molar-refractivity contribution in [2.24, 2.45) is 5.92 Å². The van der Waals surface area contributed by atoms with Crippen LogP contribution in [0.4, 0.5) is 0 Å². The lowest BCUT2D eigenvalue weighted by atomic mass is 10.1. The molecule has 5 heteroatoms. The summed E-state index contributed by atoms with van der Waals surface area (Å²) in [6.45, 7) is 5.23. The molecule has 1 N–H and O–H groups in total. The SMILES string of the molecule is CCOCc1noc(CC2CCNC2)n1. The number of hydrogen-bond acceptors (Lipinski definition) is 5. The molecule has 1 aromatic heterocycles. The number of aromatic nitrogens is 2. The van der Waals surface area contributed by atoms with Gasteiger partial charge in [-0.1, -0.05) is 5.16 Å². The molecule has 1 aromatic rings. The zero-order valence-corrected chi connectivity index (χ0v) is 9.03. The van der Waals surface area contributed by atoms with Crippen LogP contribution in [0.15, 0.2) is 4.52 Å². The standard InChI is InChI=1S/C10H17N3O2/c1-2-14-7-9-12-10(15-13-9)5-8-3-4-11-6-8/h8,11H,2-7H2,1H3. The molecule has 15 heavy (non-hydrogen) atoms. The third kappa shape index (κ3) is 3.00. The first-order valence-electron chi connectivity index (χ1n) is 5.48. The van der Waals surface area contributed by atoms with Crippen molar-refractivity contribution in [1.29, 1.82) is 0 Å². The molecule has 0 aliphatic carbocycles. The second kappa shape index (κ2) is 5.23. The van der Waals surface area contributed by atoms with Crippen LogP contribution in [0.3, 0.4) is 0 Å². The Bertz CT molecular complexity index is 295. The maximum Gasteiger partial charge on any atom is 0.227 e. The van der Waals surface area contributed by atoms with Gasteiger partial charge in [-0.05, 0) is 32.4 Å². The van der Waals surface area contributed by atoms with E-state index in [0.29, 0.717) is 25.0 Å². The molecule has 1 aliphatic heterocycles. The van der Waals surface area contributed by atoms with E-state index >= 15 is 0 Å². The van der Waals surface area contributed by atoms with Crippen molar-refractivity contribution in [1.82, 2.24) is 15.5 Å². The van der Waals surface area contributed by atoms with E-state index in [4.69, 9.17) is 9.26 Å². The summed E-state index contributed by atoms with van der Waals surface area (Å²) in [6.07, 6.45) is 2.08. The van der Waals surface area contributed by atoms with Crippen LogP contribution in [-0.2, 0) is 17.8 Å². The van der Waals surface area contributed by atoms with Crippen molar-refractivity contribution in [2.45, 2.75) is 26.4 Å². The molecule has 1 saturated heterocycles. The molecule has 0 aromatic carbocycles.